The molecule has 1 amide bonds. The molecule has 4 nitrogen and oxygen atoms in total. The number of rotatable bonds is 5. The molecule has 0 aromatic heterocycles. The van der Waals surface area contributed by atoms with Crippen molar-refractivity contribution in [1.29, 1.82) is 0 Å². The van der Waals surface area contributed by atoms with Crippen LogP contribution in [-0.2, 0) is 4.74 Å². The van der Waals surface area contributed by atoms with Crippen molar-refractivity contribution >= 4 is 6.09 Å². The fourth-order valence-corrected chi connectivity index (χ4v) is 2.50. The summed E-state index contributed by atoms with van der Waals surface area (Å²) in [6, 6.07) is -0.0663. The minimum atomic E-state index is -2.36. The van der Waals surface area contributed by atoms with Crippen LogP contribution in [0.25, 0.3) is 0 Å². The van der Waals surface area contributed by atoms with Crippen molar-refractivity contribution in [2.75, 3.05) is 26.7 Å². The van der Waals surface area contributed by atoms with E-state index in [1.165, 1.54) is 7.11 Å². The lowest BCUT2D eigenvalue weighted by molar-refractivity contribution is 0.0820. The van der Waals surface area contributed by atoms with Gasteiger partial charge in [-0.1, -0.05) is 13.3 Å². The maximum absolute atomic E-state index is 12.2. The highest BCUT2D eigenvalue weighted by Gasteiger charge is 2.30. The zero-order valence-corrected chi connectivity index (χ0v) is 11.0. The Labute approximate surface area is 107 Å². The Bertz CT molecular complexity index is 264. The van der Waals surface area contributed by atoms with Crippen LogP contribution in [0.5, 0.6) is 0 Å². The molecule has 1 N–H and O–H groups in total. The van der Waals surface area contributed by atoms with E-state index in [1.807, 2.05) is 0 Å². The maximum atomic E-state index is 12.2. The average Bonchev–Trinajstić information content (AvgIpc) is 2.35. The highest BCUT2D eigenvalue weighted by molar-refractivity contribution is 5.67. The molecule has 106 valence electrons. The standard InChI is InChI=1S/C12H22F2N2O2/c1-3-4-9-5-10(15-6-11(13)14)8-16(7-9)12(17)18-2/h9-11,15H,3-8H2,1-2H3. The second-order valence-electron chi connectivity index (χ2n) is 4.76. The number of amides is 1. The molecule has 0 aromatic carbocycles. The molecule has 1 heterocycles. The number of likely N-dealkylation sites (tertiary alicyclic amines) is 1. The SMILES string of the molecule is CCCC1CC(NCC(F)F)CN(C(=O)OC)C1. The van der Waals surface area contributed by atoms with Crippen molar-refractivity contribution in [3.05, 3.63) is 0 Å². The van der Waals surface area contributed by atoms with E-state index >= 15 is 0 Å². The third-order valence-electron chi connectivity index (χ3n) is 3.23. The van der Waals surface area contributed by atoms with Crippen molar-refractivity contribution in [3.63, 3.8) is 0 Å². The van der Waals surface area contributed by atoms with E-state index in [2.05, 4.69) is 12.2 Å². The van der Waals surface area contributed by atoms with Gasteiger partial charge in [-0.25, -0.2) is 13.6 Å². The number of carbonyl (C=O) groups is 1. The Morgan fingerprint density at radius 3 is 2.78 bits per heavy atom. The van der Waals surface area contributed by atoms with Gasteiger partial charge in [0.05, 0.1) is 13.7 Å². The van der Waals surface area contributed by atoms with E-state index in [-0.39, 0.29) is 18.7 Å². The molecule has 6 heteroatoms. The van der Waals surface area contributed by atoms with E-state index in [0.717, 1.165) is 19.3 Å². The van der Waals surface area contributed by atoms with E-state index in [4.69, 9.17) is 4.74 Å². The largest absolute Gasteiger partial charge is 0.453 e. The van der Waals surface area contributed by atoms with Crippen LogP contribution in [0.3, 0.4) is 0 Å². The molecule has 2 atom stereocenters. The summed E-state index contributed by atoms with van der Waals surface area (Å²) >= 11 is 0. The molecular weight excluding hydrogens is 242 g/mol. The molecule has 1 rings (SSSR count). The van der Waals surface area contributed by atoms with Gasteiger partial charge in [0, 0.05) is 19.1 Å². The van der Waals surface area contributed by atoms with Crippen molar-refractivity contribution < 1.29 is 18.3 Å². The summed E-state index contributed by atoms with van der Waals surface area (Å²) in [5.41, 5.74) is 0. The van der Waals surface area contributed by atoms with Crippen molar-refractivity contribution in [2.24, 2.45) is 5.92 Å². The molecule has 1 aliphatic rings. The lowest BCUT2D eigenvalue weighted by Crippen LogP contribution is -2.52. The quantitative estimate of drug-likeness (QED) is 0.826. The molecule has 0 radical (unpaired) electrons. The molecule has 0 saturated carbocycles. The van der Waals surface area contributed by atoms with Gasteiger partial charge >= 0.3 is 6.09 Å². The predicted molar refractivity (Wildman–Crippen MR) is 64.8 cm³/mol. The first-order chi connectivity index (χ1) is 8.56. The topological polar surface area (TPSA) is 41.6 Å². The van der Waals surface area contributed by atoms with Gasteiger partial charge in [-0.2, -0.15) is 0 Å². The van der Waals surface area contributed by atoms with E-state index < -0.39 is 6.43 Å². The minimum absolute atomic E-state index is 0.0663. The predicted octanol–water partition coefficient (Wildman–Crippen LogP) is 2.10. The van der Waals surface area contributed by atoms with Gasteiger partial charge in [0.2, 0.25) is 0 Å². The van der Waals surface area contributed by atoms with Crippen LogP contribution in [0.4, 0.5) is 13.6 Å². The molecule has 0 bridgehead atoms. The lowest BCUT2D eigenvalue weighted by atomic mass is 9.91. The molecule has 1 aliphatic heterocycles. The Balaban J connectivity index is 2.53. The van der Waals surface area contributed by atoms with E-state index in [0.29, 0.717) is 19.0 Å². The number of hydrogen-bond acceptors (Lipinski definition) is 3. The van der Waals surface area contributed by atoms with Gasteiger partial charge < -0.3 is 15.0 Å². The number of nitrogens with zero attached hydrogens (tertiary/aromatic N) is 1. The lowest BCUT2D eigenvalue weighted by Gasteiger charge is -2.37. The number of carbonyl (C=O) groups excluding carboxylic acids is 1. The normalized spacial score (nSPS) is 24.4. The summed E-state index contributed by atoms with van der Waals surface area (Å²) in [4.78, 5) is 13.1. The molecule has 1 fully saturated rings. The number of methoxy groups -OCH3 is 1. The first kappa shape index (κ1) is 15.1. The Morgan fingerprint density at radius 2 is 2.22 bits per heavy atom. The van der Waals surface area contributed by atoms with Crippen LogP contribution in [0.2, 0.25) is 0 Å². The summed E-state index contributed by atoms with van der Waals surface area (Å²) in [6.45, 7) is 2.87. The molecule has 2 unspecified atom stereocenters. The van der Waals surface area contributed by atoms with Crippen LogP contribution < -0.4 is 5.32 Å². The number of halogens is 2. The Morgan fingerprint density at radius 1 is 1.50 bits per heavy atom. The minimum Gasteiger partial charge on any atom is -0.453 e. The summed E-state index contributed by atoms with van der Waals surface area (Å²) < 4.78 is 29.1. The zero-order chi connectivity index (χ0) is 13.5. The van der Waals surface area contributed by atoms with Gasteiger partial charge in [-0.05, 0) is 18.8 Å². The van der Waals surface area contributed by atoms with Crippen molar-refractivity contribution in [1.82, 2.24) is 10.2 Å². The molecule has 18 heavy (non-hydrogen) atoms. The molecule has 0 aromatic rings. The fraction of sp³-hybridized carbons (Fsp3) is 0.917. The molecule has 0 spiro atoms. The van der Waals surface area contributed by atoms with Crippen molar-refractivity contribution in [3.8, 4) is 0 Å². The molecular formula is C12H22F2N2O2. The van der Waals surface area contributed by atoms with Crippen LogP contribution >= 0.6 is 0 Å². The monoisotopic (exact) mass is 264 g/mol. The number of hydrogen-bond donors (Lipinski definition) is 1. The summed E-state index contributed by atoms with van der Waals surface area (Å²) in [7, 11) is 1.34. The number of ether oxygens (including phenoxy) is 1. The van der Waals surface area contributed by atoms with Gasteiger partial charge in [-0.3, -0.25) is 0 Å². The number of piperidine rings is 1. The maximum Gasteiger partial charge on any atom is 0.409 e. The van der Waals surface area contributed by atoms with Crippen LogP contribution in [0, 0.1) is 5.92 Å². The summed E-state index contributed by atoms with van der Waals surface area (Å²) in [5, 5.41) is 2.82. The first-order valence-corrected chi connectivity index (χ1v) is 6.41. The van der Waals surface area contributed by atoms with Gasteiger partial charge in [0.15, 0.2) is 0 Å². The third kappa shape index (κ3) is 4.76. The average molecular weight is 264 g/mol. The summed E-state index contributed by atoms with van der Waals surface area (Å²) in [6.07, 6.45) is 0.137. The Hall–Kier alpha value is -0.910. The first-order valence-electron chi connectivity index (χ1n) is 6.41. The van der Waals surface area contributed by atoms with Crippen LogP contribution in [0.15, 0.2) is 0 Å². The van der Waals surface area contributed by atoms with Crippen LogP contribution in [0.1, 0.15) is 26.2 Å². The summed E-state index contributed by atoms with van der Waals surface area (Å²) in [5.74, 6) is 0.359. The van der Waals surface area contributed by atoms with Gasteiger partial charge in [0.1, 0.15) is 0 Å². The number of alkyl halides is 2. The Kier molecular flexibility index (Phi) is 6.32. The van der Waals surface area contributed by atoms with E-state index in [1.54, 1.807) is 4.90 Å². The second kappa shape index (κ2) is 7.51. The van der Waals surface area contributed by atoms with Crippen molar-refractivity contribution in [2.45, 2.75) is 38.7 Å². The smallest absolute Gasteiger partial charge is 0.409 e. The fourth-order valence-electron chi connectivity index (χ4n) is 2.50. The second-order valence-corrected chi connectivity index (χ2v) is 4.76. The van der Waals surface area contributed by atoms with E-state index in [9.17, 15) is 13.6 Å². The highest BCUT2D eigenvalue weighted by atomic mass is 19.3. The van der Waals surface area contributed by atoms with Crippen LogP contribution in [-0.4, -0.2) is 50.2 Å². The third-order valence-corrected chi connectivity index (χ3v) is 3.23. The van der Waals surface area contributed by atoms with Gasteiger partial charge in [0.25, 0.3) is 6.43 Å². The van der Waals surface area contributed by atoms with Gasteiger partial charge in [-0.15, -0.1) is 0 Å². The molecule has 1 saturated heterocycles. The number of nitrogens with one attached hydrogen (secondary N) is 1. The molecule has 0 aliphatic carbocycles. The zero-order valence-electron chi connectivity index (χ0n) is 11.0. The highest BCUT2D eigenvalue weighted by Crippen LogP contribution is 2.22.